The summed E-state index contributed by atoms with van der Waals surface area (Å²) >= 11 is 5.16. The molecule has 6 heteroatoms. The molecule has 21 heavy (non-hydrogen) atoms. The summed E-state index contributed by atoms with van der Waals surface area (Å²) in [5, 5.41) is 23.8. The van der Waals surface area contributed by atoms with Crippen LogP contribution in [0.3, 0.4) is 0 Å². The molecule has 5 nitrogen and oxygen atoms in total. The van der Waals surface area contributed by atoms with Crippen LogP contribution in [0.1, 0.15) is 17.3 Å². The summed E-state index contributed by atoms with van der Waals surface area (Å²) in [7, 11) is 0. The molecule has 104 valence electrons. The zero-order valence-electron chi connectivity index (χ0n) is 11.0. The van der Waals surface area contributed by atoms with Gasteiger partial charge in [0.2, 0.25) is 5.11 Å². The Labute approximate surface area is 127 Å². The van der Waals surface area contributed by atoms with Gasteiger partial charge in [-0.25, -0.2) is 5.01 Å². The predicted molar refractivity (Wildman–Crippen MR) is 84.2 cm³/mol. The van der Waals surface area contributed by atoms with E-state index in [1.165, 1.54) is 0 Å². The van der Waals surface area contributed by atoms with Crippen molar-refractivity contribution in [3.63, 3.8) is 0 Å². The Morgan fingerprint density at radius 1 is 1.14 bits per heavy atom. The van der Waals surface area contributed by atoms with Crippen molar-refractivity contribution in [3.8, 4) is 5.75 Å². The lowest BCUT2D eigenvalue weighted by Gasteiger charge is -2.17. The molecular formula is C15H12N4OS. The van der Waals surface area contributed by atoms with Crippen LogP contribution in [0.2, 0.25) is 0 Å². The van der Waals surface area contributed by atoms with Gasteiger partial charge in [0.05, 0.1) is 6.21 Å². The molecule has 1 atom stereocenters. The van der Waals surface area contributed by atoms with E-state index < -0.39 is 0 Å². The molecule has 3 rings (SSSR count). The quantitative estimate of drug-likeness (QED) is 0.697. The number of hydrazone groups is 1. The molecule has 1 unspecified atom stereocenters. The van der Waals surface area contributed by atoms with Gasteiger partial charge in [-0.15, -0.1) is 5.11 Å². The molecule has 2 aromatic carbocycles. The van der Waals surface area contributed by atoms with Gasteiger partial charge in [-0.3, -0.25) is 0 Å². The first-order chi connectivity index (χ1) is 10.2. The number of phenols is 1. The molecule has 1 aliphatic heterocycles. The number of phenolic OH excluding ortho intramolecular Hbond substituents is 1. The second-order valence-corrected chi connectivity index (χ2v) is 4.83. The molecule has 2 aromatic rings. The second kappa shape index (κ2) is 5.80. The molecule has 0 aliphatic carbocycles. The van der Waals surface area contributed by atoms with Crippen LogP contribution in [0, 0.1) is 0 Å². The van der Waals surface area contributed by atoms with Crippen LogP contribution >= 0.6 is 12.2 Å². The van der Waals surface area contributed by atoms with E-state index in [1.807, 2.05) is 36.4 Å². The fourth-order valence-corrected chi connectivity index (χ4v) is 2.18. The fourth-order valence-electron chi connectivity index (χ4n) is 1.98. The maximum atomic E-state index is 9.45. The molecule has 1 aliphatic rings. The van der Waals surface area contributed by atoms with E-state index in [2.05, 4.69) is 15.3 Å². The number of thiocarbonyl (C=S) groups is 1. The number of hydrogen-bond acceptors (Lipinski definition) is 4. The van der Waals surface area contributed by atoms with Crippen LogP contribution < -0.4 is 0 Å². The van der Waals surface area contributed by atoms with Crippen molar-refractivity contribution < 1.29 is 5.11 Å². The normalized spacial score (nSPS) is 17.8. The lowest BCUT2D eigenvalue weighted by Crippen LogP contribution is -2.21. The summed E-state index contributed by atoms with van der Waals surface area (Å²) < 4.78 is 0. The van der Waals surface area contributed by atoms with Gasteiger partial charge < -0.3 is 5.11 Å². The molecule has 0 radical (unpaired) electrons. The minimum atomic E-state index is -0.341. The van der Waals surface area contributed by atoms with Gasteiger partial charge in [-0.05, 0) is 29.9 Å². The maximum Gasteiger partial charge on any atom is 0.238 e. The van der Waals surface area contributed by atoms with Crippen LogP contribution in [0.4, 0.5) is 0 Å². The SMILES string of the molecule is Oc1cccc(C=NN2C(=S)N=NC2c2ccccc2)c1. The zero-order chi connectivity index (χ0) is 14.7. The lowest BCUT2D eigenvalue weighted by atomic mass is 10.2. The van der Waals surface area contributed by atoms with Crippen LogP contribution in [-0.4, -0.2) is 21.4 Å². The second-order valence-electron chi connectivity index (χ2n) is 4.47. The highest BCUT2D eigenvalue weighted by Gasteiger charge is 2.27. The van der Waals surface area contributed by atoms with Crippen LogP contribution in [0.15, 0.2) is 69.9 Å². The highest BCUT2D eigenvalue weighted by Crippen LogP contribution is 2.28. The number of rotatable bonds is 3. The largest absolute Gasteiger partial charge is 0.508 e. The van der Waals surface area contributed by atoms with Crippen LogP contribution in [0.25, 0.3) is 0 Å². The molecule has 1 heterocycles. The molecule has 0 fully saturated rings. The molecule has 0 saturated heterocycles. The summed E-state index contributed by atoms with van der Waals surface area (Å²) in [6, 6.07) is 16.5. The Bertz CT molecular complexity index is 715. The molecule has 0 spiro atoms. The molecular weight excluding hydrogens is 284 g/mol. The van der Waals surface area contributed by atoms with Crippen molar-refractivity contribution in [3.05, 3.63) is 65.7 Å². The summed E-state index contributed by atoms with van der Waals surface area (Å²) in [5.74, 6) is 0.192. The number of hydrogen-bond donors (Lipinski definition) is 1. The Hall–Kier alpha value is -2.60. The van der Waals surface area contributed by atoms with Gasteiger partial charge in [0.25, 0.3) is 0 Å². The van der Waals surface area contributed by atoms with Gasteiger partial charge in [0, 0.05) is 5.56 Å². The van der Waals surface area contributed by atoms with Crippen molar-refractivity contribution in [2.24, 2.45) is 15.3 Å². The number of nitrogens with zero attached hydrogens (tertiary/aromatic N) is 4. The minimum Gasteiger partial charge on any atom is -0.508 e. The van der Waals surface area contributed by atoms with E-state index >= 15 is 0 Å². The van der Waals surface area contributed by atoms with Crippen molar-refractivity contribution in [1.82, 2.24) is 5.01 Å². The maximum absolute atomic E-state index is 9.45. The molecule has 0 aromatic heterocycles. The van der Waals surface area contributed by atoms with E-state index in [-0.39, 0.29) is 11.9 Å². The Balaban J connectivity index is 1.84. The van der Waals surface area contributed by atoms with E-state index in [1.54, 1.807) is 29.4 Å². The molecule has 0 bridgehead atoms. The van der Waals surface area contributed by atoms with E-state index in [4.69, 9.17) is 12.2 Å². The average Bonchev–Trinajstić information content (AvgIpc) is 2.87. The first-order valence-electron chi connectivity index (χ1n) is 6.36. The van der Waals surface area contributed by atoms with Crippen molar-refractivity contribution in [1.29, 1.82) is 0 Å². The lowest BCUT2D eigenvalue weighted by molar-refractivity contribution is 0.367. The third-order valence-corrected chi connectivity index (χ3v) is 3.25. The topological polar surface area (TPSA) is 60.6 Å². The number of aromatic hydroxyl groups is 1. The van der Waals surface area contributed by atoms with Crippen molar-refractivity contribution in [2.45, 2.75) is 6.17 Å². The number of azo groups is 1. The van der Waals surface area contributed by atoms with E-state index in [9.17, 15) is 5.11 Å². The third kappa shape index (κ3) is 2.95. The standard InChI is InChI=1S/C15H12N4OS/c20-13-8-4-5-11(9-13)10-16-19-14(17-18-15(19)21)12-6-2-1-3-7-12/h1-10,14,20H. The first kappa shape index (κ1) is 13.4. The zero-order valence-corrected chi connectivity index (χ0v) is 11.8. The highest BCUT2D eigenvalue weighted by molar-refractivity contribution is 7.80. The van der Waals surface area contributed by atoms with Crippen LogP contribution in [-0.2, 0) is 0 Å². The molecule has 0 saturated carbocycles. The summed E-state index contributed by atoms with van der Waals surface area (Å²) in [6.45, 7) is 0. The monoisotopic (exact) mass is 296 g/mol. The average molecular weight is 296 g/mol. The predicted octanol–water partition coefficient (Wildman–Crippen LogP) is 3.48. The fraction of sp³-hybridized carbons (Fsp3) is 0.0667. The van der Waals surface area contributed by atoms with Gasteiger partial charge >= 0.3 is 0 Å². The molecule has 0 amide bonds. The molecule has 1 N–H and O–H groups in total. The Morgan fingerprint density at radius 3 is 2.71 bits per heavy atom. The van der Waals surface area contributed by atoms with Crippen molar-refractivity contribution in [2.75, 3.05) is 0 Å². The van der Waals surface area contributed by atoms with E-state index in [0.717, 1.165) is 11.1 Å². The van der Waals surface area contributed by atoms with Gasteiger partial charge in [0.1, 0.15) is 5.75 Å². The third-order valence-electron chi connectivity index (χ3n) is 2.98. The van der Waals surface area contributed by atoms with Gasteiger partial charge in [-0.2, -0.15) is 10.2 Å². The highest BCUT2D eigenvalue weighted by atomic mass is 32.1. The summed E-state index contributed by atoms with van der Waals surface area (Å²) in [5.41, 5.74) is 1.74. The van der Waals surface area contributed by atoms with Gasteiger partial charge in [-0.1, -0.05) is 42.5 Å². The minimum absolute atomic E-state index is 0.192. The smallest absolute Gasteiger partial charge is 0.238 e. The Morgan fingerprint density at radius 2 is 1.95 bits per heavy atom. The summed E-state index contributed by atoms with van der Waals surface area (Å²) in [4.78, 5) is 0. The first-order valence-corrected chi connectivity index (χ1v) is 6.77. The number of benzene rings is 2. The van der Waals surface area contributed by atoms with E-state index in [0.29, 0.717) is 5.11 Å². The van der Waals surface area contributed by atoms with Crippen molar-refractivity contribution >= 4 is 23.5 Å². The summed E-state index contributed by atoms with van der Waals surface area (Å²) in [6.07, 6.45) is 1.28. The van der Waals surface area contributed by atoms with Crippen LogP contribution in [0.5, 0.6) is 5.75 Å². The van der Waals surface area contributed by atoms with Gasteiger partial charge in [0.15, 0.2) is 6.17 Å². The Kier molecular flexibility index (Phi) is 3.70.